The van der Waals surface area contributed by atoms with E-state index in [1.54, 1.807) is 4.90 Å². The van der Waals surface area contributed by atoms with Crippen molar-refractivity contribution >= 4 is 29.3 Å². The summed E-state index contributed by atoms with van der Waals surface area (Å²) in [5.74, 6) is 0.293. The molecular weight excluding hydrogens is 482 g/mol. The van der Waals surface area contributed by atoms with Crippen molar-refractivity contribution in [2.45, 2.75) is 42.5 Å². The van der Waals surface area contributed by atoms with Crippen molar-refractivity contribution in [2.75, 3.05) is 12.0 Å². The molecule has 1 amide bonds. The van der Waals surface area contributed by atoms with Gasteiger partial charge in [0.2, 0.25) is 5.43 Å². The zero-order valence-corrected chi connectivity index (χ0v) is 20.7. The lowest BCUT2D eigenvalue weighted by Gasteiger charge is -2.41. The van der Waals surface area contributed by atoms with Gasteiger partial charge in [0.25, 0.3) is 5.91 Å². The van der Waals surface area contributed by atoms with Crippen LogP contribution >= 0.6 is 23.4 Å². The summed E-state index contributed by atoms with van der Waals surface area (Å²) in [6.07, 6.45) is 13.4. The van der Waals surface area contributed by atoms with E-state index in [4.69, 9.17) is 11.6 Å². The van der Waals surface area contributed by atoms with Gasteiger partial charge < -0.3 is 15.4 Å². The fourth-order valence-electron chi connectivity index (χ4n) is 4.50. The Morgan fingerprint density at radius 3 is 2.66 bits per heavy atom. The van der Waals surface area contributed by atoms with Crippen molar-refractivity contribution in [2.24, 2.45) is 0 Å². The van der Waals surface area contributed by atoms with Gasteiger partial charge in [-0.25, -0.2) is 0 Å². The number of carbonyl (C=O) groups excluding carboxylic acids is 1. The van der Waals surface area contributed by atoms with Crippen LogP contribution in [0.4, 0.5) is 0 Å². The standard InChI is InChI=1S/C14H11ClS.C11H13N3O3.C2H2/c15-13-6-5-11-9-16-14-4-2-1-3-10(14)7-12(11)8-13;15-7-4-6-14-9(10(7)16)11(17)13-5-2-1-3-8(13)12-14;1-2/h1-6,8H,7,9H2;4,6,8,12,16H,1-3,5H2;1-2H/t;8-;/m.0./s1. The molecule has 3 aliphatic heterocycles. The number of halogens is 1. The quantitative estimate of drug-likeness (QED) is 0.425. The maximum Gasteiger partial charge on any atom is 0.278 e. The number of fused-ring (bicyclic) bond motifs is 4. The van der Waals surface area contributed by atoms with Gasteiger partial charge in [-0.05, 0) is 60.6 Å². The molecule has 6 rings (SSSR count). The molecule has 2 aromatic carbocycles. The van der Waals surface area contributed by atoms with Crippen molar-refractivity contribution in [3.63, 3.8) is 0 Å². The number of thioether (sulfide) groups is 1. The first-order chi connectivity index (χ1) is 17.0. The van der Waals surface area contributed by atoms with Gasteiger partial charge in [-0.15, -0.1) is 24.6 Å². The summed E-state index contributed by atoms with van der Waals surface area (Å²) >= 11 is 7.97. The van der Waals surface area contributed by atoms with Crippen LogP contribution in [0.25, 0.3) is 0 Å². The number of hydrogen-bond donors (Lipinski definition) is 2. The summed E-state index contributed by atoms with van der Waals surface area (Å²) in [7, 11) is 0. The molecule has 0 bridgehead atoms. The van der Waals surface area contributed by atoms with Crippen LogP contribution < -0.4 is 10.9 Å². The van der Waals surface area contributed by atoms with Crippen LogP contribution in [0, 0.1) is 12.8 Å². The molecule has 1 atom stereocenters. The molecule has 0 saturated carbocycles. The number of nitrogens with zero attached hydrogens (tertiary/aromatic N) is 2. The van der Waals surface area contributed by atoms with E-state index in [2.05, 4.69) is 54.7 Å². The van der Waals surface area contributed by atoms with Crippen molar-refractivity contribution in [3.05, 3.63) is 92.4 Å². The second-order valence-corrected chi connectivity index (χ2v) is 9.83. The second kappa shape index (κ2) is 10.9. The molecule has 3 aromatic rings. The fourth-order valence-corrected chi connectivity index (χ4v) is 5.78. The summed E-state index contributed by atoms with van der Waals surface area (Å²) in [6.45, 7) is 0.666. The molecule has 2 N–H and O–H groups in total. The van der Waals surface area contributed by atoms with E-state index < -0.39 is 11.2 Å². The maximum atomic E-state index is 12.2. The lowest BCUT2D eigenvalue weighted by atomic mass is 10.0. The van der Waals surface area contributed by atoms with Crippen molar-refractivity contribution in [1.29, 1.82) is 0 Å². The third kappa shape index (κ3) is 5.19. The van der Waals surface area contributed by atoms with E-state index in [1.807, 2.05) is 17.8 Å². The van der Waals surface area contributed by atoms with Gasteiger partial charge in [0.15, 0.2) is 11.4 Å². The summed E-state index contributed by atoms with van der Waals surface area (Å²) in [5.41, 5.74) is 6.82. The Kier molecular flexibility index (Phi) is 7.74. The Labute approximate surface area is 213 Å². The van der Waals surface area contributed by atoms with Gasteiger partial charge in [-0.1, -0.05) is 35.9 Å². The summed E-state index contributed by atoms with van der Waals surface area (Å²) < 4.78 is 1.45. The van der Waals surface area contributed by atoms with Crippen LogP contribution in [0.2, 0.25) is 5.02 Å². The number of pyridine rings is 1. The Hall–Kier alpha value is -3.34. The van der Waals surface area contributed by atoms with Crippen LogP contribution in [0.5, 0.6) is 5.75 Å². The molecule has 180 valence electrons. The third-order valence-electron chi connectivity index (χ3n) is 6.23. The van der Waals surface area contributed by atoms with E-state index in [1.165, 1.54) is 38.5 Å². The smallest absolute Gasteiger partial charge is 0.278 e. The monoisotopic (exact) mass is 507 g/mol. The lowest BCUT2D eigenvalue weighted by molar-refractivity contribution is 0.0569. The van der Waals surface area contributed by atoms with Crippen molar-refractivity contribution in [1.82, 2.24) is 9.58 Å². The first-order valence-electron chi connectivity index (χ1n) is 11.3. The highest BCUT2D eigenvalue weighted by Gasteiger charge is 2.35. The van der Waals surface area contributed by atoms with Gasteiger partial charge >= 0.3 is 0 Å². The van der Waals surface area contributed by atoms with E-state index in [9.17, 15) is 14.7 Å². The predicted molar refractivity (Wildman–Crippen MR) is 141 cm³/mol. The second-order valence-electron chi connectivity index (χ2n) is 8.37. The summed E-state index contributed by atoms with van der Waals surface area (Å²) in [4.78, 5) is 26.6. The average molecular weight is 508 g/mol. The van der Waals surface area contributed by atoms with Crippen molar-refractivity contribution in [3.8, 4) is 18.6 Å². The van der Waals surface area contributed by atoms with Crippen LogP contribution in [-0.4, -0.2) is 33.3 Å². The molecule has 1 aromatic heterocycles. The Morgan fingerprint density at radius 1 is 1.03 bits per heavy atom. The minimum atomic E-state index is -0.526. The highest BCUT2D eigenvalue weighted by molar-refractivity contribution is 7.98. The number of rotatable bonds is 0. The SMILES string of the molecule is C#C.Clc1ccc2c(c1)Cc1ccccc1SC2.O=C1c2c(O)c(=O)ccn2N[C@@H]2CCCCN12. The zero-order valence-electron chi connectivity index (χ0n) is 19.1. The molecule has 0 aliphatic carbocycles. The fraction of sp³-hybridized carbons (Fsp3) is 0.259. The van der Waals surface area contributed by atoms with Gasteiger partial charge in [0, 0.05) is 34.5 Å². The first kappa shape index (κ1) is 24.8. The number of nitrogens with one attached hydrogen (secondary N) is 1. The summed E-state index contributed by atoms with van der Waals surface area (Å²) in [5, 5.41) is 10.5. The molecule has 1 saturated heterocycles. The topological polar surface area (TPSA) is 74.6 Å². The Morgan fingerprint density at radius 2 is 1.83 bits per heavy atom. The van der Waals surface area contributed by atoms with Crippen LogP contribution in [0.3, 0.4) is 0 Å². The highest BCUT2D eigenvalue weighted by atomic mass is 35.5. The number of amides is 1. The van der Waals surface area contributed by atoms with Crippen LogP contribution in [0.15, 0.2) is 64.4 Å². The van der Waals surface area contributed by atoms with E-state index in [0.29, 0.717) is 6.54 Å². The molecule has 6 nitrogen and oxygen atoms in total. The number of aromatic nitrogens is 1. The Bertz CT molecular complexity index is 1320. The van der Waals surface area contributed by atoms with E-state index in [-0.39, 0.29) is 17.8 Å². The summed E-state index contributed by atoms with van der Waals surface area (Å²) in [6, 6.07) is 16.1. The van der Waals surface area contributed by atoms with E-state index in [0.717, 1.165) is 36.5 Å². The van der Waals surface area contributed by atoms with Gasteiger partial charge in [-0.3, -0.25) is 14.3 Å². The van der Waals surface area contributed by atoms with Crippen LogP contribution in [0.1, 0.15) is 46.4 Å². The van der Waals surface area contributed by atoms with Crippen LogP contribution in [-0.2, 0) is 12.2 Å². The Balaban J connectivity index is 0.000000155. The van der Waals surface area contributed by atoms with Crippen molar-refractivity contribution < 1.29 is 9.90 Å². The average Bonchev–Trinajstić information content (AvgIpc) is 3.07. The predicted octanol–water partition coefficient (Wildman–Crippen LogP) is 4.85. The number of terminal acetylenes is 1. The maximum absolute atomic E-state index is 12.2. The lowest BCUT2D eigenvalue weighted by Crippen LogP contribution is -2.55. The zero-order chi connectivity index (χ0) is 24.9. The molecule has 8 heteroatoms. The number of aromatic hydroxyl groups is 1. The van der Waals surface area contributed by atoms with E-state index >= 15 is 0 Å². The minimum Gasteiger partial charge on any atom is -0.502 e. The molecule has 3 aliphatic rings. The first-order valence-corrected chi connectivity index (χ1v) is 12.7. The third-order valence-corrected chi connectivity index (χ3v) is 7.63. The van der Waals surface area contributed by atoms with Gasteiger partial charge in [0.05, 0.1) is 0 Å². The largest absolute Gasteiger partial charge is 0.502 e. The van der Waals surface area contributed by atoms with Gasteiger partial charge in [-0.2, -0.15) is 0 Å². The number of hydrogen-bond acceptors (Lipinski definition) is 5. The van der Waals surface area contributed by atoms with Gasteiger partial charge in [0.1, 0.15) is 6.17 Å². The minimum absolute atomic E-state index is 0.0364. The number of benzene rings is 2. The molecule has 4 heterocycles. The number of piperidine rings is 1. The molecule has 0 radical (unpaired) electrons. The normalized spacial score (nSPS) is 17.4. The molecule has 1 fully saturated rings. The molecule has 0 spiro atoms. The molecule has 35 heavy (non-hydrogen) atoms. The molecule has 0 unspecified atom stereocenters. The highest BCUT2D eigenvalue weighted by Crippen LogP contribution is 2.34. The molecular formula is C27H26ClN3O3S. The number of carbonyl (C=O) groups is 1.